The lowest BCUT2D eigenvalue weighted by Gasteiger charge is -2.16. The van der Waals surface area contributed by atoms with Gasteiger partial charge in [-0.3, -0.25) is 4.79 Å². The molecule has 1 heterocycles. The Kier molecular flexibility index (Phi) is 9.49. The molecule has 0 saturated carbocycles. The number of rotatable bonds is 10. The van der Waals surface area contributed by atoms with Gasteiger partial charge in [0.15, 0.2) is 11.5 Å². The number of hydrogen-bond donors (Lipinski definition) is 0. The summed E-state index contributed by atoms with van der Waals surface area (Å²) in [5.74, 6) is 1.76. The van der Waals surface area contributed by atoms with Crippen LogP contribution < -0.4 is 15.0 Å². The SMILES string of the molecule is C=CCc1cc(C=Nn2c([C@H](C)CC)nc3ccc(Br)cc3c2=O)cc(OC)c1OCc1ccc(Cl)c(Cl)c1. The van der Waals surface area contributed by atoms with Crippen LogP contribution in [0, 0.1) is 0 Å². The molecule has 3 aromatic carbocycles. The second-order valence-electron chi connectivity index (χ2n) is 9.04. The van der Waals surface area contributed by atoms with E-state index in [-0.39, 0.29) is 18.1 Å². The smallest absolute Gasteiger partial charge is 0.282 e. The van der Waals surface area contributed by atoms with Crippen molar-refractivity contribution in [2.45, 2.75) is 39.2 Å². The molecule has 6 nitrogen and oxygen atoms in total. The first-order valence-corrected chi connectivity index (χ1v) is 14.0. The van der Waals surface area contributed by atoms with Gasteiger partial charge in [-0.2, -0.15) is 9.78 Å². The molecule has 9 heteroatoms. The lowest BCUT2D eigenvalue weighted by atomic mass is 10.1. The number of methoxy groups -OCH3 is 1. The molecule has 0 radical (unpaired) electrons. The lowest BCUT2D eigenvalue weighted by molar-refractivity contribution is 0.282. The van der Waals surface area contributed by atoms with E-state index in [0.29, 0.717) is 44.7 Å². The molecule has 4 rings (SSSR count). The largest absolute Gasteiger partial charge is 0.493 e. The van der Waals surface area contributed by atoms with Crippen LogP contribution in [0.5, 0.6) is 11.5 Å². The van der Waals surface area contributed by atoms with Crippen LogP contribution in [-0.4, -0.2) is 23.0 Å². The van der Waals surface area contributed by atoms with Gasteiger partial charge in [0, 0.05) is 16.0 Å². The van der Waals surface area contributed by atoms with E-state index in [2.05, 4.69) is 34.5 Å². The first-order chi connectivity index (χ1) is 18.7. The van der Waals surface area contributed by atoms with Crippen molar-refractivity contribution < 1.29 is 9.47 Å². The van der Waals surface area contributed by atoms with Gasteiger partial charge in [-0.1, -0.05) is 65.1 Å². The zero-order chi connectivity index (χ0) is 28.1. The summed E-state index contributed by atoms with van der Waals surface area (Å²) in [6.45, 7) is 8.25. The zero-order valence-electron chi connectivity index (χ0n) is 21.9. The second-order valence-corrected chi connectivity index (χ2v) is 10.8. The third-order valence-electron chi connectivity index (χ3n) is 6.31. The predicted molar refractivity (Wildman–Crippen MR) is 163 cm³/mol. The van der Waals surface area contributed by atoms with Crippen LogP contribution in [-0.2, 0) is 13.0 Å². The van der Waals surface area contributed by atoms with Gasteiger partial charge in [-0.05, 0) is 66.4 Å². The fourth-order valence-electron chi connectivity index (χ4n) is 4.07. The van der Waals surface area contributed by atoms with Gasteiger partial charge in [0.1, 0.15) is 12.4 Å². The van der Waals surface area contributed by atoms with E-state index in [0.717, 1.165) is 27.6 Å². The van der Waals surface area contributed by atoms with Crippen molar-refractivity contribution in [1.82, 2.24) is 9.66 Å². The van der Waals surface area contributed by atoms with Gasteiger partial charge in [0.25, 0.3) is 5.56 Å². The third kappa shape index (κ3) is 6.55. The van der Waals surface area contributed by atoms with Crippen molar-refractivity contribution in [3.05, 3.63) is 109 Å². The molecule has 0 unspecified atom stereocenters. The lowest BCUT2D eigenvalue weighted by Crippen LogP contribution is -2.23. The van der Waals surface area contributed by atoms with Gasteiger partial charge in [0.2, 0.25) is 0 Å². The Morgan fingerprint density at radius 3 is 2.64 bits per heavy atom. The maximum absolute atomic E-state index is 13.5. The van der Waals surface area contributed by atoms with Gasteiger partial charge >= 0.3 is 0 Å². The van der Waals surface area contributed by atoms with Crippen molar-refractivity contribution in [2.24, 2.45) is 5.10 Å². The zero-order valence-corrected chi connectivity index (χ0v) is 25.0. The molecule has 0 fully saturated rings. The van der Waals surface area contributed by atoms with E-state index >= 15 is 0 Å². The molecule has 0 aliphatic rings. The monoisotopic (exact) mass is 627 g/mol. The summed E-state index contributed by atoms with van der Waals surface area (Å²) >= 11 is 15.6. The first kappa shape index (κ1) is 28.9. The van der Waals surface area contributed by atoms with E-state index in [1.807, 2.05) is 37.3 Å². The molecule has 39 heavy (non-hydrogen) atoms. The standard InChI is InChI=1S/C30H28BrCl2N3O3/c1-5-7-21-12-20(14-27(38-4)28(21)39-17-19-8-10-24(32)25(33)13-19)16-34-36-29(18(3)6-2)35-26-11-9-22(31)15-23(26)30(36)37/h5,8-16,18H,1,6-7,17H2,2-4H3/t18-/m1/s1. The number of benzene rings is 3. The average Bonchev–Trinajstić information content (AvgIpc) is 2.93. The fourth-order valence-corrected chi connectivity index (χ4v) is 4.75. The van der Waals surface area contributed by atoms with Crippen LogP contribution in [0.1, 0.15) is 48.7 Å². The number of allylic oxidation sites excluding steroid dienone is 1. The van der Waals surface area contributed by atoms with E-state index < -0.39 is 0 Å². The second kappa shape index (κ2) is 12.8. The van der Waals surface area contributed by atoms with Gasteiger partial charge < -0.3 is 9.47 Å². The quantitative estimate of drug-likeness (QED) is 0.131. The highest BCUT2D eigenvalue weighted by Gasteiger charge is 2.17. The summed E-state index contributed by atoms with van der Waals surface area (Å²) < 4.78 is 14.0. The topological polar surface area (TPSA) is 65.7 Å². The summed E-state index contributed by atoms with van der Waals surface area (Å²) in [6.07, 6.45) is 4.78. The van der Waals surface area contributed by atoms with Crippen molar-refractivity contribution in [3.8, 4) is 11.5 Å². The van der Waals surface area contributed by atoms with Crippen LogP contribution in [0.3, 0.4) is 0 Å². The molecular weight excluding hydrogens is 601 g/mol. The summed E-state index contributed by atoms with van der Waals surface area (Å²) in [5, 5.41) is 6.03. The minimum absolute atomic E-state index is 0.0332. The number of nitrogens with zero attached hydrogens (tertiary/aromatic N) is 3. The molecule has 0 spiro atoms. The minimum atomic E-state index is -0.229. The molecule has 1 atom stereocenters. The van der Waals surface area contributed by atoms with E-state index in [1.165, 1.54) is 4.68 Å². The molecule has 1 aromatic heterocycles. The summed E-state index contributed by atoms with van der Waals surface area (Å²) in [4.78, 5) is 18.2. The number of hydrogen-bond acceptors (Lipinski definition) is 5. The number of aromatic nitrogens is 2. The molecule has 0 bridgehead atoms. The average molecular weight is 629 g/mol. The Morgan fingerprint density at radius 2 is 1.95 bits per heavy atom. The van der Waals surface area contributed by atoms with E-state index in [1.54, 1.807) is 37.6 Å². The summed E-state index contributed by atoms with van der Waals surface area (Å²) in [5.41, 5.74) is 2.88. The fraction of sp³-hybridized carbons (Fsp3) is 0.233. The number of ether oxygens (including phenoxy) is 2. The molecule has 202 valence electrons. The Labute approximate surface area is 246 Å². The van der Waals surface area contributed by atoms with Crippen LogP contribution in [0.4, 0.5) is 0 Å². The third-order valence-corrected chi connectivity index (χ3v) is 7.55. The Morgan fingerprint density at radius 1 is 1.15 bits per heavy atom. The Bertz CT molecular complexity index is 1620. The van der Waals surface area contributed by atoms with Gasteiger partial charge in [0.05, 0.1) is 34.3 Å². The molecule has 4 aromatic rings. The van der Waals surface area contributed by atoms with Crippen molar-refractivity contribution in [3.63, 3.8) is 0 Å². The summed E-state index contributed by atoms with van der Waals surface area (Å²) in [7, 11) is 1.58. The van der Waals surface area contributed by atoms with Crippen molar-refractivity contribution in [1.29, 1.82) is 0 Å². The Balaban J connectivity index is 1.74. The van der Waals surface area contributed by atoms with E-state index in [9.17, 15) is 4.79 Å². The molecule has 0 aliphatic heterocycles. The molecule has 0 aliphatic carbocycles. The number of halogens is 3. The maximum Gasteiger partial charge on any atom is 0.282 e. The summed E-state index contributed by atoms with van der Waals surface area (Å²) in [6, 6.07) is 14.6. The maximum atomic E-state index is 13.5. The number of fused-ring (bicyclic) bond motifs is 1. The van der Waals surface area contributed by atoms with Gasteiger partial charge in [-0.15, -0.1) is 6.58 Å². The van der Waals surface area contributed by atoms with Crippen molar-refractivity contribution >= 4 is 56.2 Å². The van der Waals surface area contributed by atoms with Gasteiger partial charge in [-0.25, -0.2) is 4.98 Å². The van der Waals surface area contributed by atoms with Crippen LogP contribution >= 0.6 is 39.1 Å². The first-order valence-electron chi connectivity index (χ1n) is 12.4. The highest BCUT2D eigenvalue weighted by Crippen LogP contribution is 2.34. The minimum Gasteiger partial charge on any atom is -0.493 e. The van der Waals surface area contributed by atoms with Crippen LogP contribution in [0.25, 0.3) is 10.9 Å². The van der Waals surface area contributed by atoms with E-state index in [4.69, 9.17) is 37.7 Å². The molecular formula is C30H28BrCl2N3O3. The molecule has 0 amide bonds. The molecule has 0 saturated heterocycles. The van der Waals surface area contributed by atoms with Crippen molar-refractivity contribution in [2.75, 3.05) is 7.11 Å². The molecule has 0 N–H and O–H groups in total. The highest BCUT2D eigenvalue weighted by molar-refractivity contribution is 9.10. The van der Waals surface area contributed by atoms with Crippen LogP contribution in [0.2, 0.25) is 10.0 Å². The Hall–Kier alpha value is -3.13. The highest BCUT2D eigenvalue weighted by atomic mass is 79.9. The predicted octanol–water partition coefficient (Wildman–Crippen LogP) is 8.18. The normalized spacial score (nSPS) is 12.2. The van der Waals surface area contributed by atoms with Crippen LogP contribution in [0.15, 0.2) is 75.6 Å².